The van der Waals surface area contributed by atoms with Gasteiger partial charge in [0.15, 0.2) is 5.82 Å². The molecule has 4 rings (SSSR count). The molecule has 5 heteroatoms. The molecule has 2 N–H and O–H groups in total. The molecule has 0 aliphatic rings. The van der Waals surface area contributed by atoms with E-state index in [9.17, 15) is 4.79 Å². The van der Waals surface area contributed by atoms with Gasteiger partial charge in [0.1, 0.15) is 5.82 Å². The minimum atomic E-state index is -0.0789. The number of para-hydroxylation sites is 1. The van der Waals surface area contributed by atoms with E-state index < -0.39 is 0 Å². The maximum absolute atomic E-state index is 12.5. The quantitative estimate of drug-likeness (QED) is 0.405. The van der Waals surface area contributed by atoms with Gasteiger partial charge >= 0.3 is 0 Å². The van der Waals surface area contributed by atoms with Crippen LogP contribution in [0.15, 0.2) is 78.9 Å². The number of hydrogen-bond donors (Lipinski definition) is 2. The first-order valence-electron chi connectivity index (χ1n) is 10.9. The predicted octanol–water partition coefficient (Wildman–Crippen LogP) is 5.44. The van der Waals surface area contributed by atoms with Crippen LogP contribution in [-0.2, 0) is 5.41 Å². The molecule has 1 amide bonds. The largest absolute Gasteiger partial charge is 0.368 e. The molecule has 32 heavy (non-hydrogen) atoms. The Morgan fingerprint density at radius 3 is 2.22 bits per heavy atom. The van der Waals surface area contributed by atoms with Crippen LogP contribution in [-0.4, -0.2) is 29.0 Å². The van der Waals surface area contributed by atoms with Gasteiger partial charge in [0.2, 0.25) is 0 Å². The van der Waals surface area contributed by atoms with E-state index in [1.165, 1.54) is 5.56 Å². The average Bonchev–Trinajstić information content (AvgIpc) is 2.81. The number of carbonyl (C=O) groups excluding carboxylic acids is 1. The Morgan fingerprint density at radius 2 is 1.50 bits per heavy atom. The van der Waals surface area contributed by atoms with Gasteiger partial charge < -0.3 is 10.6 Å². The first kappa shape index (κ1) is 21.5. The van der Waals surface area contributed by atoms with Gasteiger partial charge in [-0.05, 0) is 35.2 Å². The minimum Gasteiger partial charge on any atom is -0.368 e. The van der Waals surface area contributed by atoms with Crippen molar-refractivity contribution in [2.75, 3.05) is 18.4 Å². The number of aromatic nitrogens is 2. The zero-order valence-corrected chi connectivity index (χ0v) is 18.7. The second kappa shape index (κ2) is 9.18. The van der Waals surface area contributed by atoms with E-state index in [2.05, 4.69) is 31.4 Å². The van der Waals surface area contributed by atoms with Crippen molar-refractivity contribution in [3.05, 3.63) is 90.0 Å². The Bertz CT molecular complexity index is 1210. The summed E-state index contributed by atoms with van der Waals surface area (Å²) in [7, 11) is 0. The highest BCUT2D eigenvalue weighted by Gasteiger charge is 2.14. The molecule has 0 atom stereocenters. The molecule has 0 aliphatic carbocycles. The van der Waals surface area contributed by atoms with Crippen LogP contribution < -0.4 is 10.6 Å². The molecule has 1 heterocycles. The normalized spacial score (nSPS) is 11.3. The summed E-state index contributed by atoms with van der Waals surface area (Å²) in [6, 6.07) is 25.7. The standard InChI is InChI=1S/C27H28N4O/c1-27(2,3)21-15-13-20(14-16-21)26(32)29-18-17-28-25-22-11-7-8-12-23(22)30-24(31-25)19-9-5-4-6-10-19/h4-16H,17-18H2,1-3H3,(H,29,32)(H,28,30,31). The highest BCUT2D eigenvalue weighted by molar-refractivity contribution is 5.94. The molecule has 162 valence electrons. The second-order valence-corrected chi connectivity index (χ2v) is 8.79. The van der Waals surface area contributed by atoms with E-state index in [0.717, 1.165) is 22.3 Å². The summed E-state index contributed by atoms with van der Waals surface area (Å²) in [5, 5.41) is 7.30. The van der Waals surface area contributed by atoms with Gasteiger partial charge in [-0.15, -0.1) is 0 Å². The van der Waals surface area contributed by atoms with E-state index in [-0.39, 0.29) is 11.3 Å². The Hall–Kier alpha value is -3.73. The Labute approximate surface area is 188 Å². The summed E-state index contributed by atoms with van der Waals surface area (Å²) >= 11 is 0. The van der Waals surface area contributed by atoms with Gasteiger partial charge in [-0.25, -0.2) is 9.97 Å². The van der Waals surface area contributed by atoms with Crippen LogP contribution in [0.5, 0.6) is 0 Å². The fourth-order valence-corrected chi connectivity index (χ4v) is 3.51. The number of anilines is 1. The van der Waals surface area contributed by atoms with Crippen LogP contribution in [0.1, 0.15) is 36.7 Å². The number of carbonyl (C=O) groups is 1. The molecule has 0 radical (unpaired) electrons. The van der Waals surface area contributed by atoms with Crippen LogP contribution in [0.25, 0.3) is 22.3 Å². The third-order valence-corrected chi connectivity index (χ3v) is 5.35. The zero-order valence-electron chi connectivity index (χ0n) is 18.7. The van der Waals surface area contributed by atoms with Crippen LogP contribution in [0.2, 0.25) is 0 Å². The van der Waals surface area contributed by atoms with Crippen molar-refractivity contribution >= 4 is 22.6 Å². The molecule has 0 unspecified atom stereocenters. The van der Waals surface area contributed by atoms with Crippen LogP contribution in [0, 0.1) is 0 Å². The van der Waals surface area contributed by atoms with Crippen molar-refractivity contribution in [3.8, 4) is 11.4 Å². The number of amides is 1. The highest BCUT2D eigenvalue weighted by Crippen LogP contribution is 2.25. The maximum Gasteiger partial charge on any atom is 0.251 e. The monoisotopic (exact) mass is 424 g/mol. The van der Waals surface area contributed by atoms with Crippen LogP contribution >= 0.6 is 0 Å². The fourth-order valence-electron chi connectivity index (χ4n) is 3.51. The Balaban J connectivity index is 1.42. The molecule has 0 saturated carbocycles. The lowest BCUT2D eigenvalue weighted by Crippen LogP contribution is -2.29. The van der Waals surface area contributed by atoms with Gasteiger partial charge in [-0.1, -0.05) is 75.4 Å². The van der Waals surface area contributed by atoms with E-state index in [0.29, 0.717) is 24.5 Å². The minimum absolute atomic E-state index is 0.0673. The molecular formula is C27H28N4O. The summed E-state index contributed by atoms with van der Waals surface area (Å²) in [4.78, 5) is 22.0. The van der Waals surface area contributed by atoms with Gasteiger partial charge in [-0.3, -0.25) is 4.79 Å². The smallest absolute Gasteiger partial charge is 0.251 e. The molecular weight excluding hydrogens is 396 g/mol. The van der Waals surface area contributed by atoms with Crippen LogP contribution in [0.4, 0.5) is 5.82 Å². The van der Waals surface area contributed by atoms with Gasteiger partial charge in [0.05, 0.1) is 5.52 Å². The van der Waals surface area contributed by atoms with Crippen molar-refractivity contribution in [3.63, 3.8) is 0 Å². The van der Waals surface area contributed by atoms with Crippen LogP contribution in [0.3, 0.4) is 0 Å². The first-order chi connectivity index (χ1) is 15.4. The molecule has 0 spiro atoms. The molecule has 0 bridgehead atoms. The van der Waals surface area contributed by atoms with Crippen molar-refractivity contribution < 1.29 is 4.79 Å². The third kappa shape index (κ3) is 4.94. The van der Waals surface area contributed by atoms with E-state index >= 15 is 0 Å². The zero-order chi connectivity index (χ0) is 22.6. The van der Waals surface area contributed by atoms with Crippen molar-refractivity contribution in [1.29, 1.82) is 0 Å². The molecule has 0 saturated heterocycles. The van der Waals surface area contributed by atoms with E-state index in [1.807, 2.05) is 78.9 Å². The van der Waals surface area contributed by atoms with Gasteiger partial charge in [0, 0.05) is 29.6 Å². The number of hydrogen-bond acceptors (Lipinski definition) is 4. The molecule has 3 aromatic carbocycles. The second-order valence-electron chi connectivity index (χ2n) is 8.79. The molecule has 0 fully saturated rings. The Morgan fingerprint density at radius 1 is 0.812 bits per heavy atom. The maximum atomic E-state index is 12.5. The van der Waals surface area contributed by atoms with Gasteiger partial charge in [-0.2, -0.15) is 0 Å². The molecule has 0 aliphatic heterocycles. The van der Waals surface area contributed by atoms with E-state index in [1.54, 1.807) is 0 Å². The van der Waals surface area contributed by atoms with Crippen molar-refractivity contribution in [2.24, 2.45) is 0 Å². The topological polar surface area (TPSA) is 66.9 Å². The summed E-state index contributed by atoms with van der Waals surface area (Å²) in [6.45, 7) is 7.52. The summed E-state index contributed by atoms with van der Waals surface area (Å²) < 4.78 is 0. The predicted molar refractivity (Wildman–Crippen MR) is 131 cm³/mol. The third-order valence-electron chi connectivity index (χ3n) is 5.35. The van der Waals surface area contributed by atoms with Crippen molar-refractivity contribution in [1.82, 2.24) is 15.3 Å². The summed E-state index contributed by atoms with van der Waals surface area (Å²) in [5.41, 5.74) is 3.79. The lowest BCUT2D eigenvalue weighted by atomic mass is 9.87. The number of rotatable bonds is 6. The SMILES string of the molecule is CC(C)(C)c1ccc(C(=O)NCCNc2nc(-c3ccccc3)nc3ccccc23)cc1. The van der Waals surface area contributed by atoms with E-state index in [4.69, 9.17) is 9.97 Å². The lowest BCUT2D eigenvalue weighted by Gasteiger charge is -2.19. The number of nitrogens with zero attached hydrogens (tertiary/aromatic N) is 2. The van der Waals surface area contributed by atoms with Gasteiger partial charge in [0.25, 0.3) is 5.91 Å². The Kier molecular flexibility index (Phi) is 6.17. The number of fused-ring (bicyclic) bond motifs is 1. The summed E-state index contributed by atoms with van der Waals surface area (Å²) in [6.07, 6.45) is 0. The fraction of sp³-hybridized carbons (Fsp3) is 0.222. The first-order valence-corrected chi connectivity index (χ1v) is 10.9. The highest BCUT2D eigenvalue weighted by atomic mass is 16.1. The number of nitrogens with one attached hydrogen (secondary N) is 2. The molecule has 5 nitrogen and oxygen atoms in total. The van der Waals surface area contributed by atoms with Crippen molar-refractivity contribution in [2.45, 2.75) is 26.2 Å². The average molecular weight is 425 g/mol. The lowest BCUT2D eigenvalue weighted by molar-refractivity contribution is 0.0955. The molecule has 1 aromatic heterocycles. The summed E-state index contributed by atoms with van der Waals surface area (Å²) in [5.74, 6) is 1.36. The number of benzene rings is 3. The molecule has 4 aromatic rings.